The van der Waals surface area contributed by atoms with Gasteiger partial charge in [0.25, 0.3) is 5.89 Å². The molecule has 6 heteroatoms. The van der Waals surface area contributed by atoms with E-state index in [4.69, 9.17) is 4.52 Å². The molecule has 2 aromatic heterocycles. The molecule has 0 aliphatic carbocycles. The van der Waals surface area contributed by atoms with Crippen LogP contribution in [0.2, 0.25) is 0 Å². The third kappa shape index (κ3) is 3.08. The molecule has 1 saturated heterocycles. The van der Waals surface area contributed by atoms with Crippen LogP contribution in [0, 0.1) is 0 Å². The lowest BCUT2D eigenvalue weighted by atomic mass is 10.1. The van der Waals surface area contributed by atoms with Crippen LogP contribution in [0.3, 0.4) is 0 Å². The fourth-order valence-corrected chi connectivity index (χ4v) is 3.29. The molecule has 1 fully saturated rings. The maximum Gasteiger partial charge on any atom is 0.268 e. The van der Waals surface area contributed by atoms with Crippen LogP contribution in [-0.2, 0) is 6.54 Å². The van der Waals surface area contributed by atoms with Crippen LogP contribution in [0.5, 0.6) is 0 Å². The quantitative estimate of drug-likeness (QED) is 0.917. The SMILES string of the molecule is CCN(Cc1noc(-c2cccs2)n1)C1CCCNC1. The molecule has 0 aromatic carbocycles. The average molecular weight is 292 g/mol. The highest BCUT2D eigenvalue weighted by molar-refractivity contribution is 7.13. The van der Waals surface area contributed by atoms with Gasteiger partial charge in [-0.15, -0.1) is 11.3 Å². The number of piperidine rings is 1. The summed E-state index contributed by atoms with van der Waals surface area (Å²) in [4.78, 5) is 7.97. The maximum absolute atomic E-state index is 5.35. The van der Waals surface area contributed by atoms with Crippen molar-refractivity contribution in [3.63, 3.8) is 0 Å². The van der Waals surface area contributed by atoms with E-state index in [2.05, 4.69) is 27.3 Å². The summed E-state index contributed by atoms with van der Waals surface area (Å²) in [5.74, 6) is 1.41. The van der Waals surface area contributed by atoms with Gasteiger partial charge in [0.15, 0.2) is 5.82 Å². The third-order valence-corrected chi connectivity index (χ3v) is 4.60. The summed E-state index contributed by atoms with van der Waals surface area (Å²) in [6, 6.07) is 4.58. The standard InChI is InChI=1S/C14H20N4OS/c1-2-18(11-5-3-7-15-9-11)10-13-16-14(19-17-13)12-6-4-8-20-12/h4,6,8,11,15H,2-3,5,7,9-10H2,1H3. The Morgan fingerprint density at radius 3 is 3.20 bits per heavy atom. The highest BCUT2D eigenvalue weighted by Crippen LogP contribution is 2.23. The second-order valence-electron chi connectivity index (χ2n) is 5.06. The summed E-state index contributed by atoms with van der Waals surface area (Å²) < 4.78 is 5.35. The fourth-order valence-electron chi connectivity index (χ4n) is 2.64. The summed E-state index contributed by atoms with van der Waals surface area (Å²) in [5, 5.41) is 9.59. The first kappa shape index (κ1) is 13.7. The molecule has 1 N–H and O–H groups in total. The van der Waals surface area contributed by atoms with Crippen LogP contribution in [0.25, 0.3) is 10.8 Å². The predicted octanol–water partition coefficient (Wildman–Crippen LogP) is 2.37. The zero-order valence-electron chi connectivity index (χ0n) is 11.7. The van der Waals surface area contributed by atoms with Crippen molar-refractivity contribution in [3.8, 4) is 10.8 Å². The molecule has 1 atom stereocenters. The van der Waals surface area contributed by atoms with Crippen molar-refractivity contribution in [1.82, 2.24) is 20.4 Å². The number of aromatic nitrogens is 2. The monoisotopic (exact) mass is 292 g/mol. The maximum atomic E-state index is 5.35. The van der Waals surface area contributed by atoms with Crippen LogP contribution in [0.15, 0.2) is 22.0 Å². The van der Waals surface area contributed by atoms with Crippen molar-refractivity contribution in [1.29, 1.82) is 0 Å². The zero-order chi connectivity index (χ0) is 13.8. The van der Waals surface area contributed by atoms with E-state index >= 15 is 0 Å². The number of likely N-dealkylation sites (N-methyl/N-ethyl adjacent to an activating group) is 1. The van der Waals surface area contributed by atoms with Crippen LogP contribution >= 0.6 is 11.3 Å². The van der Waals surface area contributed by atoms with Crippen molar-refractivity contribution < 1.29 is 4.52 Å². The van der Waals surface area contributed by atoms with Crippen LogP contribution in [0.1, 0.15) is 25.6 Å². The van der Waals surface area contributed by atoms with Gasteiger partial charge in [-0.25, -0.2) is 0 Å². The summed E-state index contributed by atoms with van der Waals surface area (Å²) in [6.45, 7) is 6.16. The first-order valence-corrected chi connectivity index (χ1v) is 8.06. The average Bonchev–Trinajstić information content (AvgIpc) is 3.16. The number of nitrogens with one attached hydrogen (secondary N) is 1. The molecule has 0 amide bonds. The van der Waals surface area contributed by atoms with Gasteiger partial charge in [0, 0.05) is 12.6 Å². The summed E-state index contributed by atoms with van der Waals surface area (Å²) in [7, 11) is 0. The lowest BCUT2D eigenvalue weighted by Gasteiger charge is -2.32. The predicted molar refractivity (Wildman–Crippen MR) is 79.6 cm³/mol. The van der Waals surface area contributed by atoms with Gasteiger partial charge in [0.2, 0.25) is 0 Å². The summed E-state index contributed by atoms with van der Waals surface area (Å²) >= 11 is 1.62. The number of hydrogen-bond donors (Lipinski definition) is 1. The Kier molecular flexibility index (Phi) is 4.44. The largest absolute Gasteiger partial charge is 0.333 e. The molecule has 3 heterocycles. The van der Waals surface area contributed by atoms with E-state index in [-0.39, 0.29) is 0 Å². The Bertz CT molecular complexity index is 519. The van der Waals surface area contributed by atoms with E-state index in [1.165, 1.54) is 12.8 Å². The van der Waals surface area contributed by atoms with Crippen molar-refractivity contribution >= 4 is 11.3 Å². The Morgan fingerprint density at radius 1 is 1.55 bits per heavy atom. The van der Waals surface area contributed by atoms with Gasteiger partial charge in [0.05, 0.1) is 11.4 Å². The Labute approximate surface area is 123 Å². The molecule has 0 radical (unpaired) electrons. The number of hydrogen-bond acceptors (Lipinski definition) is 6. The minimum Gasteiger partial charge on any atom is -0.333 e. The highest BCUT2D eigenvalue weighted by atomic mass is 32.1. The van der Waals surface area contributed by atoms with E-state index in [0.717, 1.165) is 36.9 Å². The normalized spacial score (nSPS) is 19.6. The van der Waals surface area contributed by atoms with Gasteiger partial charge in [-0.1, -0.05) is 18.1 Å². The lowest BCUT2D eigenvalue weighted by molar-refractivity contribution is 0.161. The molecule has 1 aliphatic heterocycles. The smallest absolute Gasteiger partial charge is 0.268 e. The molecular weight excluding hydrogens is 272 g/mol. The molecular formula is C14H20N4OS. The molecule has 3 rings (SSSR count). The molecule has 20 heavy (non-hydrogen) atoms. The molecule has 0 spiro atoms. The molecule has 0 saturated carbocycles. The topological polar surface area (TPSA) is 54.2 Å². The van der Waals surface area contributed by atoms with Gasteiger partial charge in [-0.2, -0.15) is 4.98 Å². The van der Waals surface area contributed by atoms with Crippen molar-refractivity contribution in [2.24, 2.45) is 0 Å². The van der Waals surface area contributed by atoms with Crippen molar-refractivity contribution in [3.05, 3.63) is 23.3 Å². The van der Waals surface area contributed by atoms with Crippen molar-refractivity contribution in [2.75, 3.05) is 19.6 Å². The first-order chi connectivity index (χ1) is 9.86. The first-order valence-electron chi connectivity index (χ1n) is 7.18. The Balaban J connectivity index is 1.66. The van der Waals surface area contributed by atoms with Crippen LogP contribution in [-0.4, -0.2) is 40.7 Å². The fraction of sp³-hybridized carbons (Fsp3) is 0.571. The second-order valence-corrected chi connectivity index (χ2v) is 6.00. The summed E-state index contributed by atoms with van der Waals surface area (Å²) in [6.07, 6.45) is 2.49. The van der Waals surface area contributed by atoms with Gasteiger partial charge in [0.1, 0.15) is 0 Å². The third-order valence-electron chi connectivity index (χ3n) is 3.74. The molecule has 2 aromatic rings. The number of thiophene rings is 1. The zero-order valence-corrected chi connectivity index (χ0v) is 12.5. The summed E-state index contributed by atoms with van der Waals surface area (Å²) in [5.41, 5.74) is 0. The van der Waals surface area contributed by atoms with Gasteiger partial charge in [-0.3, -0.25) is 4.90 Å². The van der Waals surface area contributed by atoms with Crippen LogP contribution < -0.4 is 5.32 Å². The molecule has 108 valence electrons. The molecule has 1 unspecified atom stereocenters. The molecule has 5 nitrogen and oxygen atoms in total. The van der Waals surface area contributed by atoms with Crippen LogP contribution in [0.4, 0.5) is 0 Å². The van der Waals surface area contributed by atoms with E-state index in [0.29, 0.717) is 11.9 Å². The van der Waals surface area contributed by atoms with Gasteiger partial charge >= 0.3 is 0 Å². The van der Waals surface area contributed by atoms with Gasteiger partial charge in [-0.05, 0) is 37.4 Å². The van der Waals surface area contributed by atoms with E-state index in [1.807, 2.05) is 17.5 Å². The van der Waals surface area contributed by atoms with E-state index in [9.17, 15) is 0 Å². The minimum absolute atomic E-state index is 0.581. The van der Waals surface area contributed by atoms with Crippen molar-refractivity contribution in [2.45, 2.75) is 32.4 Å². The van der Waals surface area contributed by atoms with E-state index in [1.54, 1.807) is 11.3 Å². The number of rotatable bonds is 5. The molecule has 0 bridgehead atoms. The number of nitrogens with zero attached hydrogens (tertiary/aromatic N) is 3. The Hall–Kier alpha value is -1.24. The van der Waals surface area contributed by atoms with E-state index < -0.39 is 0 Å². The van der Waals surface area contributed by atoms with Gasteiger partial charge < -0.3 is 9.84 Å². The Morgan fingerprint density at radius 2 is 2.50 bits per heavy atom. The lowest BCUT2D eigenvalue weighted by Crippen LogP contribution is -2.45. The minimum atomic E-state index is 0.581. The molecule has 1 aliphatic rings. The highest BCUT2D eigenvalue weighted by Gasteiger charge is 2.21. The second kappa shape index (κ2) is 6.47.